The third-order valence-electron chi connectivity index (χ3n) is 6.59. The summed E-state index contributed by atoms with van der Waals surface area (Å²) in [7, 11) is 1.52. The lowest BCUT2D eigenvalue weighted by Gasteiger charge is -2.46. The van der Waals surface area contributed by atoms with Crippen LogP contribution >= 0.6 is 0 Å². The van der Waals surface area contributed by atoms with Crippen LogP contribution in [0.1, 0.15) is 42.5 Å². The summed E-state index contributed by atoms with van der Waals surface area (Å²) in [6, 6.07) is 9.94. The number of hydrogen-bond donors (Lipinski definition) is 1. The first kappa shape index (κ1) is 19.7. The highest BCUT2D eigenvalue weighted by Crippen LogP contribution is 2.50. The zero-order valence-electron chi connectivity index (χ0n) is 16.9. The van der Waals surface area contributed by atoms with Gasteiger partial charge in [-0.2, -0.15) is 5.26 Å². The highest BCUT2D eigenvalue weighted by molar-refractivity contribution is 5.77. The smallest absolute Gasteiger partial charge is 0.312 e. The van der Waals surface area contributed by atoms with Crippen LogP contribution in [-0.4, -0.2) is 41.0 Å². The second-order valence-electron chi connectivity index (χ2n) is 8.57. The molecule has 4 rings (SSSR count). The Balaban J connectivity index is 1.59. The number of aromatic amines is 1. The summed E-state index contributed by atoms with van der Waals surface area (Å²) < 4.78 is 5.35. The van der Waals surface area contributed by atoms with Gasteiger partial charge in [0.2, 0.25) is 0 Å². The summed E-state index contributed by atoms with van der Waals surface area (Å²) in [6.45, 7) is 2.54. The van der Waals surface area contributed by atoms with E-state index in [1.165, 1.54) is 25.5 Å². The molecule has 2 aromatic rings. The number of nitrogens with zero attached hydrogens (tertiary/aromatic N) is 3. The fraction of sp³-hybridized carbons (Fsp3) is 0.522. The molecule has 6 heteroatoms. The van der Waals surface area contributed by atoms with E-state index in [1.807, 2.05) is 30.5 Å². The van der Waals surface area contributed by atoms with Gasteiger partial charge in [-0.3, -0.25) is 9.69 Å². The molecular formula is C23H28N4O2. The van der Waals surface area contributed by atoms with Crippen LogP contribution in [-0.2, 0) is 22.5 Å². The Hall–Kier alpha value is -2.65. The minimum Gasteiger partial charge on any atom is -0.469 e. The Labute approximate surface area is 171 Å². The van der Waals surface area contributed by atoms with Gasteiger partial charge in [-0.1, -0.05) is 25.0 Å². The van der Waals surface area contributed by atoms with Crippen molar-refractivity contribution in [2.45, 2.75) is 38.6 Å². The van der Waals surface area contributed by atoms with E-state index in [4.69, 9.17) is 10.00 Å². The van der Waals surface area contributed by atoms with E-state index in [-0.39, 0.29) is 11.9 Å². The lowest BCUT2D eigenvalue weighted by molar-refractivity contribution is -0.162. The number of nitrogens with one attached hydrogen (secondary N) is 1. The van der Waals surface area contributed by atoms with Crippen molar-refractivity contribution in [1.82, 2.24) is 14.9 Å². The van der Waals surface area contributed by atoms with Gasteiger partial charge in [0.1, 0.15) is 0 Å². The second-order valence-corrected chi connectivity index (χ2v) is 8.57. The number of piperidine rings is 1. The molecule has 1 aliphatic heterocycles. The zero-order chi connectivity index (χ0) is 20.3. The fourth-order valence-corrected chi connectivity index (χ4v) is 4.82. The maximum atomic E-state index is 13.1. The van der Waals surface area contributed by atoms with Crippen LogP contribution in [0.3, 0.4) is 0 Å². The number of imidazole rings is 1. The number of likely N-dealkylation sites (tertiary alicyclic amines) is 1. The number of nitriles is 1. The van der Waals surface area contributed by atoms with Crippen molar-refractivity contribution in [3.63, 3.8) is 0 Å². The number of esters is 1. The van der Waals surface area contributed by atoms with Gasteiger partial charge in [-0.05, 0) is 55.3 Å². The maximum Gasteiger partial charge on any atom is 0.312 e. The third kappa shape index (κ3) is 4.35. The summed E-state index contributed by atoms with van der Waals surface area (Å²) in [5.41, 5.74) is 2.50. The number of carbonyl (C=O) groups is 1. The molecule has 0 bridgehead atoms. The molecule has 1 aliphatic carbocycles. The molecule has 1 aromatic carbocycles. The van der Waals surface area contributed by atoms with Crippen LogP contribution in [0.15, 0.2) is 36.8 Å². The van der Waals surface area contributed by atoms with Crippen molar-refractivity contribution in [2.24, 2.45) is 17.3 Å². The zero-order valence-corrected chi connectivity index (χ0v) is 16.9. The number of aromatic nitrogens is 2. The number of rotatable bonds is 7. The summed E-state index contributed by atoms with van der Waals surface area (Å²) >= 11 is 0. The third-order valence-corrected chi connectivity index (χ3v) is 6.59. The minimum atomic E-state index is -0.422. The van der Waals surface area contributed by atoms with Gasteiger partial charge in [0, 0.05) is 25.0 Å². The Morgan fingerprint density at radius 3 is 2.79 bits per heavy atom. The van der Waals surface area contributed by atoms with Crippen molar-refractivity contribution < 1.29 is 9.53 Å². The lowest BCUT2D eigenvalue weighted by atomic mass is 9.65. The van der Waals surface area contributed by atoms with E-state index < -0.39 is 5.41 Å². The molecule has 29 heavy (non-hydrogen) atoms. The van der Waals surface area contributed by atoms with Crippen LogP contribution in [0.25, 0.3) is 0 Å². The summed E-state index contributed by atoms with van der Waals surface area (Å²) in [5, 5.41) is 9.07. The van der Waals surface area contributed by atoms with Crippen LogP contribution in [0, 0.1) is 28.6 Å². The second kappa shape index (κ2) is 8.38. The number of methoxy groups -OCH3 is 1. The van der Waals surface area contributed by atoms with Crippen LogP contribution in [0.2, 0.25) is 0 Å². The topological polar surface area (TPSA) is 82.0 Å². The number of H-pyrrole nitrogens is 1. The van der Waals surface area contributed by atoms with Gasteiger partial charge in [-0.25, -0.2) is 4.98 Å². The molecule has 0 amide bonds. The van der Waals surface area contributed by atoms with Crippen molar-refractivity contribution in [1.29, 1.82) is 5.26 Å². The van der Waals surface area contributed by atoms with Gasteiger partial charge in [0.15, 0.2) is 0 Å². The van der Waals surface area contributed by atoms with Crippen molar-refractivity contribution in [2.75, 3.05) is 20.2 Å². The Morgan fingerprint density at radius 2 is 2.17 bits per heavy atom. The van der Waals surface area contributed by atoms with Gasteiger partial charge < -0.3 is 9.72 Å². The standard InChI is InChI=1S/C23H28N4O2/c1-29-22(28)23(11-18-4-5-18)8-9-27(15-21-13-25-16-26-21)14-20(23)10-17-2-6-19(12-24)7-3-17/h2-3,6-7,13,16,18,20H,4-5,8-11,14-15H2,1H3,(H,25,26). The van der Waals surface area contributed by atoms with Crippen molar-refractivity contribution in [3.05, 3.63) is 53.6 Å². The van der Waals surface area contributed by atoms with Gasteiger partial charge in [-0.15, -0.1) is 0 Å². The Bertz CT molecular complexity index is 867. The molecule has 1 saturated carbocycles. The molecule has 2 heterocycles. The normalized spacial score (nSPS) is 24.8. The van der Waals surface area contributed by atoms with E-state index >= 15 is 0 Å². The molecule has 152 valence electrons. The highest BCUT2D eigenvalue weighted by Gasteiger charge is 2.51. The number of carbonyl (C=O) groups excluding carboxylic acids is 1. The van der Waals surface area contributed by atoms with Crippen LogP contribution in [0.5, 0.6) is 0 Å². The van der Waals surface area contributed by atoms with E-state index in [1.54, 1.807) is 6.33 Å². The number of benzene rings is 1. The highest BCUT2D eigenvalue weighted by atomic mass is 16.5. The van der Waals surface area contributed by atoms with Gasteiger partial charge >= 0.3 is 5.97 Å². The molecule has 0 spiro atoms. The molecule has 2 atom stereocenters. The fourth-order valence-electron chi connectivity index (χ4n) is 4.82. The summed E-state index contributed by atoms with van der Waals surface area (Å²) in [5.74, 6) is 0.779. The predicted octanol–water partition coefficient (Wildman–Crippen LogP) is 3.31. The molecule has 2 aliphatic rings. The first-order valence-electron chi connectivity index (χ1n) is 10.4. The Morgan fingerprint density at radius 1 is 1.38 bits per heavy atom. The predicted molar refractivity (Wildman–Crippen MR) is 109 cm³/mol. The molecule has 0 radical (unpaired) electrons. The molecule has 6 nitrogen and oxygen atoms in total. The molecular weight excluding hydrogens is 364 g/mol. The van der Waals surface area contributed by atoms with E-state index in [2.05, 4.69) is 20.9 Å². The van der Waals surface area contributed by atoms with E-state index in [0.29, 0.717) is 11.5 Å². The SMILES string of the molecule is COC(=O)C1(CC2CC2)CCN(Cc2cnc[nH]2)CC1Cc1ccc(C#N)cc1. The lowest BCUT2D eigenvalue weighted by Crippen LogP contribution is -2.52. The molecule has 1 N–H and O–H groups in total. The number of hydrogen-bond acceptors (Lipinski definition) is 5. The molecule has 1 saturated heterocycles. The summed E-state index contributed by atoms with van der Waals surface area (Å²) in [4.78, 5) is 22.8. The van der Waals surface area contributed by atoms with E-state index in [0.717, 1.165) is 44.6 Å². The van der Waals surface area contributed by atoms with Crippen molar-refractivity contribution >= 4 is 5.97 Å². The Kier molecular flexibility index (Phi) is 5.68. The van der Waals surface area contributed by atoms with Crippen molar-refractivity contribution in [3.8, 4) is 6.07 Å². The van der Waals surface area contributed by atoms with E-state index in [9.17, 15) is 4.79 Å². The summed E-state index contributed by atoms with van der Waals surface area (Å²) in [6.07, 6.45) is 8.58. The average molecular weight is 393 g/mol. The first-order valence-corrected chi connectivity index (χ1v) is 10.4. The molecule has 2 unspecified atom stereocenters. The molecule has 1 aromatic heterocycles. The number of ether oxygens (including phenoxy) is 1. The van der Waals surface area contributed by atoms with Crippen LogP contribution in [0.4, 0.5) is 0 Å². The van der Waals surface area contributed by atoms with Gasteiger partial charge in [0.05, 0.1) is 30.5 Å². The average Bonchev–Trinajstić information content (AvgIpc) is 3.41. The largest absolute Gasteiger partial charge is 0.469 e. The monoisotopic (exact) mass is 392 g/mol. The maximum absolute atomic E-state index is 13.1. The molecule has 2 fully saturated rings. The minimum absolute atomic E-state index is 0.0516. The quantitative estimate of drug-likeness (QED) is 0.731. The van der Waals surface area contributed by atoms with Crippen LogP contribution < -0.4 is 0 Å². The first-order chi connectivity index (χ1) is 14.1. The van der Waals surface area contributed by atoms with Gasteiger partial charge in [0.25, 0.3) is 0 Å².